The summed E-state index contributed by atoms with van der Waals surface area (Å²) in [5.74, 6) is 2.10. The van der Waals surface area contributed by atoms with E-state index in [1.807, 2.05) is 30.3 Å². The Morgan fingerprint density at radius 1 is 1.09 bits per heavy atom. The first-order chi connectivity index (χ1) is 10.7. The number of amides is 1. The Kier molecular flexibility index (Phi) is 3.70. The van der Waals surface area contributed by atoms with E-state index < -0.39 is 5.91 Å². The van der Waals surface area contributed by atoms with Gasteiger partial charge in [-0.2, -0.15) is 0 Å². The van der Waals surface area contributed by atoms with Crippen LogP contribution in [0.15, 0.2) is 54.3 Å². The van der Waals surface area contributed by atoms with Crippen LogP contribution in [-0.2, 0) is 4.79 Å². The summed E-state index contributed by atoms with van der Waals surface area (Å²) in [5.41, 5.74) is 6.13. The standard InChI is InChI=1S/C17H15NO4/c1-20-12-7-8-13-14(9-12)21-15(10-16(18)19)17(22-13)11-5-3-2-4-6-11/h2-9H,10H2,1H3,(H2,18,19). The molecule has 0 radical (unpaired) electrons. The van der Waals surface area contributed by atoms with Gasteiger partial charge in [-0.15, -0.1) is 0 Å². The first-order valence-electron chi connectivity index (χ1n) is 6.78. The molecule has 0 unspecified atom stereocenters. The molecule has 5 nitrogen and oxygen atoms in total. The van der Waals surface area contributed by atoms with E-state index in [0.29, 0.717) is 28.8 Å². The van der Waals surface area contributed by atoms with Crippen LogP contribution in [0.5, 0.6) is 17.2 Å². The number of carbonyl (C=O) groups excluding carboxylic acids is 1. The number of nitrogens with two attached hydrogens (primary N) is 1. The molecular formula is C17H15NO4. The zero-order chi connectivity index (χ0) is 15.5. The first kappa shape index (κ1) is 14.0. The molecule has 0 saturated carbocycles. The van der Waals surface area contributed by atoms with Gasteiger partial charge >= 0.3 is 0 Å². The first-order valence-corrected chi connectivity index (χ1v) is 6.78. The molecule has 2 aromatic rings. The highest BCUT2D eigenvalue weighted by atomic mass is 16.6. The molecule has 1 heterocycles. The Labute approximate surface area is 127 Å². The Morgan fingerprint density at radius 2 is 1.86 bits per heavy atom. The minimum Gasteiger partial charge on any atom is -0.497 e. The predicted octanol–water partition coefficient (Wildman–Crippen LogP) is 2.71. The SMILES string of the molecule is COc1ccc2c(c1)OC(CC(N)=O)=C(c1ccccc1)O2. The molecule has 0 atom stereocenters. The summed E-state index contributed by atoms with van der Waals surface area (Å²) in [6.45, 7) is 0. The van der Waals surface area contributed by atoms with Crippen molar-refractivity contribution in [1.82, 2.24) is 0 Å². The Hall–Kier alpha value is -2.95. The fraction of sp³-hybridized carbons (Fsp3) is 0.118. The summed E-state index contributed by atoms with van der Waals surface area (Å²) in [5, 5.41) is 0. The summed E-state index contributed by atoms with van der Waals surface area (Å²) < 4.78 is 16.9. The zero-order valence-electron chi connectivity index (χ0n) is 12.0. The third kappa shape index (κ3) is 2.74. The molecule has 1 aliphatic rings. The molecule has 22 heavy (non-hydrogen) atoms. The fourth-order valence-corrected chi connectivity index (χ4v) is 2.21. The van der Waals surface area contributed by atoms with Gasteiger partial charge in [0.2, 0.25) is 5.91 Å². The average molecular weight is 297 g/mol. The van der Waals surface area contributed by atoms with E-state index in [4.69, 9.17) is 19.9 Å². The molecule has 0 spiro atoms. The van der Waals surface area contributed by atoms with Crippen molar-refractivity contribution in [3.8, 4) is 17.2 Å². The predicted molar refractivity (Wildman–Crippen MR) is 81.4 cm³/mol. The average Bonchev–Trinajstić information content (AvgIpc) is 2.54. The van der Waals surface area contributed by atoms with Gasteiger partial charge in [-0.05, 0) is 12.1 Å². The highest BCUT2D eigenvalue weighted by Gasteiger charge is 2.24. The second kappa shape index (κ2) is 5.81. The molecule has 0 bridgehead atoms. The van der Waals surface area contributed by atoms with Crippen LogP contribution in [0.25, 0.3) is 5.76 Å². The summed E-state index contributed by atoms with van der Waals surface area (Å²) in [6, 6.07) is 14.7. The normalized spacial score (nSPS) is 13.0. The summed E-state index contributed by atoms with van der Waals surface area (Å²) in [4.78, 5) is 11.3. The number of primary amides is 1. The molecule has 1 aliphatic heterocycles. The van der Waals surface area contributed by atoms with Gasteiger partial charge in [0.1, 0.15) is 5.75 Å². The van der Waals surface area contributed by atoms with Crippen LogP contribution >= 0.6 is 0 Å². The van der Waals surface area contributed by atoms with Crippen molar-refractivity contribution in [3.05, 3.63) is 59.9 Å². The summed E-state index contributed by atoms with van der Waals surface area (Å²) >= 11 is 0. The van der Waals surface area contributed by atoms with Gasteiger partial charge in [0.25, 0.3) is 0 Å². The van der Waals surface area contributed by atoms with Crippen LogP contribution in [0.3, 0.4) is 0 Å². The van der Waals surface area contributed by atoms with Gasteiger partial charge in [0.15, 0.2) is 23.0 Å². The van der Waals surface area contributed by atoms with E-state index in [1.165, 1.54) is 0 Å². The molecule has 112 valence electrons. The summed E-state index contributed by atoms with van der Waals surface area (Å²) in [7, 11) is 1.57. The molecule has 2 aromatic carbocycles. The van der Waals surface area contributed by atoms with Crippen molar-refractivity contribution in [2.45, 2.75) is 6.42 Å². The molecule has 0 fully saturated rings. The maximum absolute atomic E-state index is 11.3. The number of fused-ring (bicyclic) bond motifs is 1. The van der Waals surface area contributed by atoms with E-state index in [0.717, 1.165) is 5.56 Å². The second-order valence-electron chi connectivity index (χ2n) is 4.78. The molecular weight excluding hydrogens is 282 g/mol. The van der Waals surface area contributed by atoms with Crippen LogP contribution in [-0.4, -0.2) is 13.0 Å². The molecule has 5 heteroatoms. The third-order valence-electron chi connectivity index (χ3n) is 3.22. The number of methoxy groups -OCH3 is 1. The van der Waals surface area contributed by atoms with E-state index in [9.17, 15) is 4.79 Å². The molecule has 0 saturated heterocycles. The Bertz CT molecular complexity index is 738. The van der Waals surface area contributed by atoms with Crippen LogP contribution in [0.4, 0.5) is 0 Å². The number of rotatable bonds is 4. The van der Waals surface area contributed by atoms with Crippen molar-refractivity contribution in [2.24, 2.45) is 5.73 Å². The molecule has 3 rings (SSSR count). The monoisotopic (exact) mass is 297 g/mol. The van der Waals surface area contributed by atoms with Crippen molar-refractivity contribution in [1.29, 1.82) is 0 Å². The molecule has 0 aromatic heterocycles. The number of ether oxygens (including phenoxy) is 3. The maximum Gasteiger partial charge on any atom is 0.225 e. The second-order valence-corrected chi connectivity index (χ2v) is 4.78. The third-order valence-corrected chi connectivity index (χ3v) is 3.22. The Morgan fingerprint density at radius 3 is 2.55 bits per heavy atom. The zero-order valence-corrected chi connectivity index (χ0v) is 12.0. The quantitative estimate of drug-likeness (QED) is 0.942. The van der Waals surface area contributed by atoms with Crippen molar-refractivity contribution < 1.29 is 19.0 Å². The van der Waals surface area contributed by atoms with Crippen molar-refractivity contribution in [3.63, 3.8) is 0 Å². The summed E-state index contributed by atoms with van der Waals surface area (Å²) in [6.07, 6.45) is -0.0408. The fourth-order valence-electron chi connectivity index (χ4n) is 2.21. The number of carbonyl (C=O) groups is 1. The lowest BCUT2D eigenvalue weighted by Crippen LogP contribution is -2.18. The van der Waals surface area contributed by atoms with Crippen molar-refractivity contribution >= 4 is 11.7 Å². The Balaban J connectivity index is 2.04. The smallest absolute Gasteiger partial charge is 0.225 e. The molecule has 1 amide bonds. The minimum atomic E-state index is -0.488. The van der Waals surface area contributed by atoms with E-state index in [1.54, 1.807) is 25.3 Å². The lowest BCUT2D eigenvalue weighted by Gasteiger charge is -2.23. The molecule has 0 aliphatic carbocycles. The number of hydrogen-bond donors (Lipinski definition) is 1. The topological polar surface area (TPSA) is 70.8 Å². The lowest BCUT2D eigenvalue weighted by molar-refractivity contribution is -0.117. The van der Waals surface area contributed by atoms with Gasteiger partial charge in [-0.25, -0.2) is 0 Å². The van der Waals surface area contributed by atoms with Crippen LogP contribution in [0.1, 0.15) is 12.0 Å². The largest absolute Gasteiger partial charge is 0.497 e. The van der Waals surface area contributed by atoms with E-state index in [2.05, 4.69) is 0 Å². The van der Waals surface area contributed by atoms with Crippen LogP contribution < -0.4 is 19.9 Å². The molecule has 2 N–H and O–H groups in total. The number of benzene rings is 2. The number of hydrogen-bond acceptors (Lipinski definition) is 4. The highest BCUT2D eigenvalue weighted by molar-refractivity contribution is 5.80. The van der Waals surface area contributed by atoms with Crippen LogP contribution in [0.2, 0.25) is 0 Å². The van der Waals surface area contributed by atoms with Gasteiger partial charge in [0.05, 0.1) is 13.5 Å². The van der Waals surface area contributed by atoms with Gasteiger partial charge in [0, 0.05) is 11.6 Å². The highest BCUT2D eigenvalue weighted by Crippen LogP contribution is 2.41. The maximum atomic E-state index is 11.3. The lowest BCUT2D eigenvalue weighted by atomic mass is 10.1. The van der Waals surface area contributed by atoms with E-state index in [-0.39, 0.29) is 6.42 Å². The minimum absolute atomic E-state index is 0.0408. The van der Waals surface area contributed by atoms with Crippen molar-refractivity contribution in [2.75, 3.05) is 7.11 Å². The van der Waals surface area contributed by atoms with Gasteiger partial charge in [-0.3, -0.25) is 4.79 Å². The van der Waals surface area contributed by atoms with Gasteiger partial charge in [-0.1, -0.05) is 30.3 Å². The van der Waals surface area contributed by atoms with Crippen LogP contribution in [0, 0.1) is 0 Å². The van der Waals surface area contributed by atoms with E-state index >= 15 is 0 Å². The van der Waals surface area contributed by atoms with Gasteiger partial charge < -0.3 is 19.9 Å².